The Bertz CT molecular complexity index is 644. The van der Waals surface area contributed by atoms with E-state index in [9.17, 15) is 13.6 Å². The number of rotatable bonds is 2. The van der Waals surface area contributed by atoms with Gasteiger partial charge in [0.05, 0.1) is 16.9 Å². The Morgan fingerprint density at radius 1 is 1.26 bits per heavy atom. The van der Waals surface area contributed by atoms with Crippen LogP contribution in [0.15, 0.2) is 24.4 Å². The van der Waals surface area contributed by atoms with Gasteiger partial charge in [-0.05, 0) is 26.0 Å². The first-order valence-corrected chi connectivity index (χ1v) is 5.54. The van der Waals surface area contributed by atoms with Gasteiger partial charge < -0.3 is 5.32 Å². The molecule has 0 radical (unpaired) electrons. The minimum absolute atomic E-state index is 0.0913. The zero-order chi connectivity index (χ0) is 14.0. The summed E-state index contributed by atoms with van der Waals surface area (Å²) in [6.45, 7) is 3.36. The Morgan fingerprint density at radius 2 is 2.00 bits per heavy atom. The Balaban J connectivity index is 2.25. The van der Waals surface area contributed by atoms with Crippen molar-refractivity contribution in [2.45, 2.75) is 13.8 Å². The van der Waals surface area contributed by atoms with Gasteiger partial charge in [0, 0.05) is 12.3 Å². The number of hydrogen-bond donors (Lipinski definition) is 1. The maximum Gasteiger partial charge on any atom is 0.259 e. The molecule has 6 heteroatoms. The van der Waals surface area contributed by atoms with Crippen LogP contribution in [0.25, 0.3) is 0 Å². The Morgan fingerprint density at radius 3 is 2.63 bits per heavy atom. The van der Waals surface area contributed by atoms with Crippen molar-refractivity contribution in [3.63, 3.8) is 0 Å². The summed E-state index contributed by atoms with van der Waals surface area (Å²) in [6, 6.07) is 2.93. The molecule has 19 heavy (non-hydrogen) atoms. The van der Waals surface area contributed by atoms with E-state index in [4.69, 9.17) is 0 Å². The molecular formula is C13H11F2N3O. The minimum Gasteiger partial charge on any atom is -0.319 e. The quantitative estimate of drug-likeness (QED) is 0.906. The van der Waals surface area contributed by atoms with Crippen molar-refractivity contribution in [1.29, 1.82) is 0 Å². The topological polar surface area (TPSA) is 54.9 Å². The third-order valence-corrected chi connectivity index (χ3v) is 2.52. The summed E-state index contributed by atoms with van der Waals surface area (Å²) in [7, 11) is 0. The van der Waals surface area contributed by atoms with Gasteiger partial charge in [0.25, 0.3) is 5.91 Å². The van der Waals surface area contributed by atoms with E-state index in [1.165, 1.54) is 6.20 Å². The van der Waals surface area contributed by atoms with Crippen LogP contribution in [0.3, 0.4) is 0 Å². The second-order valence-electron chi connectivity index (χ2n) is 3.99. The Kier molecular flexibility index (Phi) is 3.50. The van der Waals surface area contributed by atoms with Crippen LogP contribution in [0.2, 0.25) is 0 Å². The lowest BCUT2D eigenvalue weighted by Crippen LogP contribution is -2.16. The molecule has 1 aromatic carbocycles. The molecule has 2 aromatic rings. The number of nitrogens with zero attached hydrogens (tertiary/aromatic N) is 2. The third kappa shape index (κ3) is 2.90. The summed E-state index contributed by atoms with van der Waals surface area (Å²) in [4.78, 5) is 19.9. The number of nitrogens with one attached hydrogen (secondary N) is 1. The molecule has 0 aliphatic rings. The van der Waals surface area contributed by atoms with Gasteiger partial charge in [0.1, 0.15) is 17.5 Å². The number of carbonyl (C=O) groups is 1. The molecule has 2 rings (SSSR count). The van der Waals surface area contributed by atoms with Crippen molar-refractivity contribution in [3.8, 4) is 0 Å². The highest BCUT2D eigenvalue weighted by atomic mass is 19.1. The second-order valence-corrected chi connectivity index (χ2v) is 3.99. The zero-order valence-electron chi connectivity index (χ0n) is 10.4. The summed E-state index contributed by atoms with van der Waals surface area (Å²) < 4.78 is 26.1. The molecule has 0 saturated carbocycles. The van der Waals surface area contributed by atoms with Crippen molar-refractivity contribution >= 4 is 11.6 Å². The fourth-order valence-corrected chi connectivity index (χ4v) is 1.59. The molecule has 1 amide bonds. The molecule has 0 aliphatic heterocycles. The molecule has 0 spiro atoms. The first-order valence-electron chi connectivity index (χ1n) is 5.54. The highest BCUT2D eigenvalue weighted by Gasteiger charge is 2.13. The lowest BCUT2D eigenvalue weighted by molar-refractivity contribution is 0.102. The molecule has 0 fully saturated rings. The number of carbonyl (C=O) groups excluding carboxylic acids is 1. The first kappa shape index (κ1) is 13.1. The minimum atomic E-state index is -0.834. The smallest absolute Gasteiger partial charge is 0.259 e. The molecule has 1 aromatic heterocycles. The normalized spacial score (nSPS) is 10.3. The van der Waals surface area contributed by atoms with E-state index in [-0.39, 0.29) is 11.3 Å². The van der Waals surface area contributed by atoms with Gasteiger partial charge in [-0.3, -0.25) is 4.79 Å². The number of anilines is 1. The van der Waals surface area contributed by atoms with E-state index in [0.29, 0.717) is 17.6 Å². The monoisotopic (exact) mass is 263 g/mol. The predicted octanol–water partition coefficient (Wildman–Crippen LogP) is 2.62. The molecule has 0 bridgehead atoms. The van der Waals surface area contributed by atoms with Crippen molar-refractivity contribution in [1.82, 2.24) is 9.97 Å². The van der Waals surface area contributed by atoms with E-state index < -0.39 is 17.5 Å². The summed E-state index contributed by atoms with van der Waals surface area (Å²) in [5.74, 6) is -1.53. The molecule has 1 heterocycles. The van der Waals surface area contributed by atoms with Crippen molar-refractivity contribution in [3.05, 3.63) is 53.1 Å². The summed E-state index contributed by atoms with van der Waals surface area (Å²) in [6.07, 6.45) is 1.37. The molecule has 0 aliphatic carbocycles. The fourth-order valence-electron chi connectivity index (χ4n) is 1.59. The van der Waals surface area contributed by atoms with Crippen LogP contribution in [0.5, 0.6) is 0 Å². The average molecular weight is 263 g/mol. The van der Waals surface area contributed by atoms with Crippen LogP contribution in [0.4, 0.5) is 14.5 Å². The van der Waals surface area contributed by atoms with E-state index in [0.717, 1.165) is 12.1 Å². The van der Waals surface area contributed by atoms with Crippen LogP contribution in [-0.2, 0) is 0 Å². The van der Waals surface area contributed by atoms with Crippen LogP contribution in [0, 0.1) is 25.5 Å². The number of halogens is 2. The summed E-state index contributed by atoms with van der Waals surface area (Å²) >= 11 is 0. The molecule has 1 N–H and O–H groups in total. The highest BCUT2D eigenvalue weighted by Crippen LogP contribution is 2.16. The maximum atomic E-state index is 13.4. The molecule has 0 unspecified atom stereocenters. The number of aryl methyl sites for hydroxylation is 2. The highest BCUT2D eigenvalue weighted by molar-refractivity contribution is 6.04. The summed E-state index contributed by atoms with van der Waals surface area (Å²) in [5, 5.41) is 2.35. The van der Waals surface area contributed by atoms with Crippen LogP contribution in [-0.4, -0.2) is 15.9 Å². The van der Waals surface area contributed by atoms with Gasteiger partial charge in [-0.15, -0.1) is 0 Å². The number of benzene rings is 1. The predicted molar refractivity (Wildman–Crippen MR) is 65.8 cm³/mol. The third-order valence-electron chi connectivity index (χ3n) is 2.52. The largest absolute Gasteiger partial charge is 0.319 e. The standard InChI is InChI=1S/C13H11F2N3O/c1-7-10(6-16-8(2)17-7)13(19)18-12-4-3-9(14)5-11(12)15/h3-6H,1-2H3,(H,18,19). The lowest BCUT2D eigenvalue weighted by atomic mass is 10.2. The van der Waals surface area contributed by atoms with Crippen LogP contribution in [0.1, 0.15) is 21.9 Å². The van der Waals surface area contributed by atoms with E-state index in [1.807, 2.05) is 0 Å². The fraction of sp³-hybridized carbons (Fsp3) is 0.154. The number of hydrogen-bond acceptors (Lipinski definition) is 3. The Hall–Kier alpha value is -2.37. The molecule has 4 nitrogen and oxygen atoms in total. The number of aromatic nitrogens is 2. The average Bonchev–Trinajstić information content (AvgIpc) is 2.32. The van der Waals surface area contributed by atoms with Crippen molar-refractivity contribution in [2.75, 3.05) is 5.32 Å². The van der Waals surface area contributed by atoms with Gasteiger partial charge in [0.2, 0.25) is 0 Å². The van der Waals surface area contributed by atoms with E-state index >= 15 is 0 Å². The zero-order valence-corrected chi connectivity index (χ0v) is 10.4. The van der Waals surface area contributed by atoms with Gasteiger partial charge in [-0.25, -0.2) is 18.7 Å². The van der Waals surface area contributed by atoms with Crippen LogP contribution >= 0.6 is 0 Å². The molecule has 0 saturated heterocycles. The lowest BCUT2D eigenvalue weighted by Gasteiger charge is -2.08. The first-order chi connectivity index (χ1) is 8.97. The van der Waals surface area contributed by atoms with Crippen molar-refractivity contribution < 1.29 is 13.6 Å². The van der Waals surface area contributed by atoms with Gasteiger partial charge >= 0.3 is 0 Å². The van der Waals surface area contributed by atoms with E-state index in [1.54, 1.807) is 13.8 Å². The van der Waals surface area contributed by atoms with Gasteiger partial charge in [0.15, 0.2) is 0 Å². The molecule has 0 atom stereocenters. The van der Waals surface area contributed by atoms with Crippen molar-refractivity contribution in [2.24, 2.45) is 0 Å². The molecule has 98 valence electrons. The van der Waals surface area contributed by atoms with Gasteiger partial charge in [-0.1, -0.05) is 0 Å². The Labute approximate surface area is 108 Å². The van der Waals surface area contributed by atoms with Crippen LogP contribution < -0.4 is 5.32 Å². The maximum absolute atomic E-state index is 13.4. The number of amides is 1. The summed E-state index contributed by atoms with van der Waals surface area (Å²) in [5.41, 5.74) is 0.646. The SMILES string of the molecule is Cc1ncc(C(=O)Nc2ccc(F)cc2F)c(C)n1. The van der Waals surface area contributed by atoms with E-state index in [2.05, 4.69) is 15.3 Å². The molecular weight excluding hydrogens is 252 g/mol. The second kappa shape index (κ2) is 5.09. The van der Waals surface area contributed by atoms with Gasteiger partial charge in [-0.2, -0.15) is 0 Å².